The first-order valence-corrected chi connectivity index (χ1v) is 10.6. The van der Waals surface area contributed by atoms with Gasteiger partial charge in [-0.1, -0.05) is 30.3 Å². The van der Waals surface area contributed by atoms with Crippen molar-refractivity contribution in [1.29, 1.82) is 0 Å². The van der Waals surface area contributed by atoms with E-state index in [-0.39, 0.29) is 5.91 Å². The Morgan fingerprint density at radius 1 is 0.871 bits per heavy atom. The van der Waals surface area contributed by atoms with Crippen molar-refractivity contribution in [3.63, 3.8) is 0 Å². The lowest BCUT2D eigenvalue weighted by Crippen LogP contribution is -2.49. The van der Waals surface area contributed by atoms with E-state index >= 15 is 0 Å². The monoisotopic (exact) mass is 427 g/mol. The molecular formula is C24H33N3O4. The number of rotatable bonds is 9. The highest BCUT2D eigenvalue weighted by Gasteiger charge is 2.22. The molecule has 1 aliphatic heterocycles. The largest absolute Gasteiger partial charge is 0.493 e. The fourth-order valence-corrected chi connectivity index (χ4v) is 3.90. The summed E-state index contributed by atoms with van der Waals surface area (Å²) in [5, 5.41) is 3.04. The smallest absolute Gasteiger partial charge is 0.234 e. The first-order valence-electron chi connectivity index (χ1n) is 10.6. The molecule has 2 aromatic rings. The molecule has 7 nitrogen and oxygen atoms in total. The van der Waals surface area contributed by atoms with E-state index in [1.807, 2.05) is 24.3 Å². The van der Waals surface area contributed by atoms with Gasteiger partial charge in [0.2, 0.25) is 11.7 Å². The van der Waals surface area contributed by atoms with Gasteiger partial charge in [-0.25, -0.2) is 0 Å². The zero-order valence-electron chi connectivity index (χ0n) is 18.9. The topological polar surface area (TPSA) is 63.3 Å². The molecule has 3 rings (SSSR count). The lowest BCUT2D eigenvalue weighted by molar-refractivity contribution is -0.122. The van der Waals surface area contributed by atoms with E-state index in [1.165, 1.54) is 5.56 Å². The summed E-state index contributed by atoms with van der Waals surface area (Å²) in [7, 11) is 4.88. The molecule has 1 N–H and O–H groups in total. The number of hydrogen-bond donors (Lipinski definition) is 1. The van der Waals surface area contributed by atoms with Gasteiger partial charge in [0.25, 0.3) is 0 Å². The second-order valence-corrected chi connectivity index (χ2v) is 7.75. The van der Waals surface area contributed by atoms with E-state index in [0.717, 1.165) is 43.9 Å². The predicted molar refractivity (Wildman–Crippen MR) is 121 cm³/mol. The third kappa shape index (κ3) is 5.89. The summed E-state index contributed by atoms with van der Waals surface area (Å²) in [4.78, 5) is 16.9. The minimum absolute atomic E-state index is 0.0678. The summed E-state index contributed by atoms with van der Waals surface area (Å²) in [6.07, 6.45) is 0. The van der Waals surface area contributed by atoms with Gasteiger partial charge in [0.1, 0.15) is 0 Å². The van der Waals surface area contributed by atoms with Crippen molar-refractivity contribution in [2.45, 2.75) is 20.0 Å². The SMILES string of the molecule is COc1ccc(CN2CCN(CC(=O)NCc3ccccc3C)CC2)c(OC)c1OC. The van der Waals surface area contributed by atoms with Crippen LogP contribution in [0.1, 0.15) is 16.7 Å². The zero-order valence-corrected chi connectivity index (χ0v) is 18.9. The summed E-state index contributed by atoms with van der Waals surface area (Å²) in [5.74, 6) is 2.05. The highest BCUT2D eigenvalue weighted by atomic mass is 16.5. The van der Waals surface area contributed by atoms with Gasteiger partial charge in [-0.15, -0.1) is 0 Å². The number of nitrogens with one attached hydrogen (secondary N) is 1. The number of hydrogen-bond acceptors (Lipinski definition) is 6. The molecule has 2 aromatic carbocycles. The van der Waals surface area contributed by atoms with Gasteiger partial charge in [0, 0.05) is 44.8 Å². The van der Waals surface area contributed by atoms with Crippen molar-refractivity contribution in [3.8, 4) is 17.2 Å². The number of methoxy groups -OCH3 is 3. The van der Waals surface area contributed by atoms with Crippen molar-refractivity contribution >= 4 is 5.91 Å². The molecule has 1 heterocycles. The van der Waals surface area contributed by atoms with Gasteiger partial charge in [-0.3, -0.25) is 14.6 Å². The van der Waals surface area contributed by atoms with Crippen LogP contribution >= 0.6 is 0 Å². The Bertz CT molecular complexity index is 879. The number of aryl methyl sites for hydroxylation is 1. The summed E-state index contributed by atoms with van der Waals surface area (Å²) in [6.45, 7) is 7.32. The molecule has 0 unspecified atom stereocenters. The molecule has 1 aliphatic rings. The van der Waals surface area contributed by atoms with Crippen LogP contribution in [0.4, 0.5) is 0 Å². The van der Waals surface area contributed by atoms with E-state index in [0.29, 0.717) is 30.3 Å². The Hall–Kier alpha value is -2.77. The van der Waals surface area contributed by atoms with Gasteiger partial charge >= 0.3 is 0 Å². The van der Waals surface area contributed by atoms with Gasteiger partial charge < -0.3 is 19.5 Å². The maximum Gasteiger partial charge on any atom is 0.234 e. The summed E-state index contributed by atoms with van der Waals surface area (Å²) < 4.78 is 16.5. The normalized spacial score (nSPS) is 14.8. The molecule has 0 atom stereocenters. The van der Waals surface area contributed by atoms with Crippen LogP contribution in [0.15, 0.2) is 36.4 Å². The molecule has 0 saturated carbocycles. The summed E-state index contributed by atoms with van der Waals surface area (Å²) in [6, 6.07) is 12.1. The van der Waals surface area contributed by atoms with Crippen LogP contribution in [0.5, 0.6) is 17.2 Å². The predicted octanol–water partition coefficient (Wildman–Crippen LogP) is 2.45. The molecule has 168 valence electrons. The van der Waals surface area contributed by atoms with E-state index in [2.05, 4.69) is 34.2 Å². The second kappa shape index (κ2) is 11.0. The molecule has 0 aromatic heterocycles. The van der Waals surface area contributed by atoms with Crippen LogP contribution < -0.4 is 19.5 Å². The van der Waals surface area contributed by atoms with Crippen molar-refractivity contribution in [2.24, 2.45) is 0 Å². The first-order chi connectivity index (χ1) is 15.0. The molecule has 0 radical (unpaired) electrons. The van der Waals surface area contributed by atoms with Crippen molar-refractivity contribution < 1.29 is 19.0 Å². The van der Waals surface area contributed by atoms with E-state index in [1.54, 1.807) is 21.3 Å². The Balaban J connectivity index is 1.49. The van der Waals surface area contributed by atoms with E-state index in [9.17, 15) is 4.79 Å². The van der Waals surface area contributed by atoms with Gasteiger partial charge in [0.05, 0.1) is 27.9 Å². The van der Waals surface area contributed by atoms with Crippen molar-refractivity contribution in [3.05, 3.63) is 53.1 Å². The Labute approximate surface area is 184 Å². The number of carbonyl (C=O) groups is 1. The van der Waals surface area contributed by atoms with Crippen LogP contribution in [0.2, 0.25) is 0 Å². The Morgan fingerprint density at radius 3 is 2.19 bits per heavy atom. The van der Waals surface area contributed by atoms with E-state index < -0.39 is 0 Å². The van der Waals surface area contributed by atoms with Crippen LogP contribution in [0.25, 0.3) is 0 Å². The fraction of sp³-hybridized carbons (Fsp3) is 0.458. The van der Waals surface area contributed by atoms with Crippen LogP contribution in [-0.2, 0) is 17.9 Å². The highest BCUT2D eigenvalue weighted by molar-refractivity contribution is 5.78. The average Bonchev–Trinajstić information content (AvgIpc) is 2.79. The van der Waals surface area contributed by atoms with Crippen LogP contribution in [0.3, 0.4) is 0 Å². The minimum Gasteiger partial charge on any atom is -0.493 e. The zero-order chi connectivity index (χ0) is 22.2. The molecule has 1 fully saturated rings. The number of ether oxygens (including phenoxy) is 3. The lowest BCUT2D eigenvalue weighted by atomic mass is 10.1. The van der Waals surface area contributed by atoms with Crippen molar-refractivity contribution in [2.75, 3.05) is 54.1 Å². The number of piperazine rings is 1. The molecule has 0 spiro atoms. The Kier molecular flexibility index (Phi) is 8.14. The maximum absolute atomic E-state index is 12.4. The van der Waals surface area contributed by atoms with E-state index in [4.69, 9.17) is 14.2 Å². The number of nitrogens with zero attached hydrogens (tertiary/aromatic N) is 2. The van der Waals surface area contributed by atoms with Crippen LogP contribution in [0, 0.1) is 6.92 Å². The molecule has 1 saturated heterocycles. The average molecular weight is 428 g/mol. The number of carbonyl (C=O) groups excluding carboxylic acids is 1. The first kappa shape index (κ1) is 22.9. The second-order valence-electron chi connectivity index (χ2n) is 7.75. The maximum atomic E-state index is 12.4. The molecule has 7 heteroatoms. The quantitative estimate of drug-likeness (QED) is 0.663. The standard InChI is InChI=1S/C24H33N3O4/c1-18-7-5-6-8-19(18)15-25-22(28)17-27-13-11-26(12-14-27)16-20-9-10-21(29-2)24(31-4)23(20)30-3/h5-10H,11-17H2,1-4H3,(H,25,28). The number of amides is 1. The highest BCUT2D eigenvalue weighted by Crippen LogP contribution is 2.40. The lowest BCUT2D eigenvalue weighted by Gasteiger charge is -2.34. The Morgan fingerprint density at radius 2 is 1.55 bits per heavy atom. The third-order valence-electron chi connectivity index (χ3n) is 5.75. The van der Waals surface area contributed by atoms with Crippen molar-refractivity contribution in [1.82, 2.24) is 15.1 Å². The fourth-order valence-electron chi connectivity index (χ4n) is 3.90. The molecule has 31 heavy (non-hydrogen) atoms. The number of benzene rings is 2. The summed E-state index contributed by atoms with van der Waals surface area (Å²) >= 11 is 0. The minimum atomic E-state index is 0.0678. The molecule has 1 amide bonds. The van der Waals surface area contributed by atoms with Gasteiger partial charge in [-0.05, 0) is 24.1 Å². The van der Waals surface area contributed by atoms with Gasteiger partial charge in [0.15, 0.2) is 11.5 Å². The molecule has 0 bridgehead atoms. The van der Waals surface area contributed by atoms with Gasteiger partial charge in [-0.2, -0.15) is 0 Å². The molecular weight excluding hydrogens is 394 g/mol. The third-order valence-corrected chi connectivity index (χ3v) is 5.75. The summed E-state index contributed by atoms with van der Waals surface area (Å²) in [5.41, 5.74) is 3.41. The molecule has 0 aliphatic carbocycles. The van der Waals surface area contributed by atoms with Crippen LogP contribution in [-0.4, -0.2) is 69.8 Å².